The summed E-state index contributed by atoms with van der Waals surface area (Å²) in [4.78, 5) is 10.6. The highest BCUT2D eigenvalue weighted by Gasteiger charge is 2.42. The van der Waals surface area contributed by atoms with Gasteiger partial charge in [0, 0.05) is 18.2 Å². The second-order valence-corrected chi connectivity index (χ2v) is 4.87. The minimum absolute atomic E-state index is 0. The molecule has 1 aliphatic rings. The van der Waals surface area contributed by atoms with Crippen molar-refractivity contribution in [1.82, 2.24) is 0 Å². The Kier molecular flexibility index (Phi) is 5.50. The van der Waals surface area contributed by atoms with Gasteiger partial charge in [-0.1, -0.05) is 30.7 Å². The van der Waals surface area contributed by atoms with Crippen molar-refractivity contribution in [3.05, 3.63) is 35.4 Å². The van der Waals surface area contributed by atoms with Gasteiger partial charge in [0.2, 0.25) is 0 Å². The number of aliphatic hydroxyl groups is 1. The third kappa shape index (κ3) is 2.98. The Hall–Kier alpha value is -0.940. The molecule has 0 saturated heterocycles. The number of methoxy groups -OCH3 is 1. The molecule has 0 bridgehead atoms. The highest BCUT2D eigenvalue weighted by atomic mass is 35.5. The van der Waals surface area contributed by atoms with E-state index in [9.17, 15) is 9.90 Å². The van der Waals surface area contributed by atoms with Crippen molar-refractivity contribution in [2.24, 2.45) is 11.7 Å². The van der Waals surface area contributed by atoms with E-state index in [0.29, 0.717) is 11.1 Å². The van der Waals surface area contributed by atoms with Gasteiger partial charge in [-0.05, 0) is 18.8 Å². The van der Waals surface area contributed by atoms with E-state index >= 15 is 0 Å². The van der Waals surface area contributed by atoms with E-state index < -0.39 is 11.8 Å². The molecule has 0 amide bonds. The lowest BCUT2D eigenvalue weighted by Gasteiger charge is -2.41. The lowest BCUT2D eigenvalue weighted by Crippen LogP contribution is -2.54. The highest BCUT2D eigenvalue weighted by molar-refractivity contribution is 5.85. The molecular formula is C14H20ClNO3. The first-order chi connectivity index (χ1) is 8.61. The van der Waals surface area contributed by atoms with Crippen LogP contribution >= 0.6 is 12.4 Å². The summed E-state index contributed by atoms with van der Waals surface area (Å²) in [5, 5.41) is 10.3. The van der Waals surface area contributed by atoms with Gasteiger partial charge in [-0.3, -0.25) is 10.5 Å². The summed E-state index contributed by atoms with van der Waals surface area (Å²) in [6.45, 7) is 0. The first kappa shape index (κ1) is 16.1. The molecule has 1 aromatic rings. The van der Waals surface area contributed by atoms with Crippen LogP contribution in [0, 0.1) is 5.92 Å². The Morgan fingerprint density at radius 3 is 2.37 bits per heavy atom. The number of aldehydes is 1. The van der Waals surface area contributed by atoms with Crippen molar-refractivity contribution < 1.29 is 14.6 Å². The maximum atomic E-state index is 10.6. The van der Waals surface area contributed by atoms with Gasteiger partial charge >= 0.3 is 0 Å². The van der Waals surface area contributed by atoms with Gasteiger partial charge in [0.25, 0.3) is 0 Å². The van der Waals surface area contributed by atoms with E-state index in [0.717, 1.165) is 25.5 Å². The van der Waals surface area contributed by atoms with Gasteiger partial charge in [0.15, 0.2) is 5.72 Å². The largest absolute Gasteiger partial charge is 0.388 e. The monoisotopic (exact) mass is 285 g/mol. The molecule has 5 heteroatoms. The number of benzene rings is 1. The molecule has 1 aromatic carbocycles. The quantitative estimate of drug-likeness (QED) is 0.640. The predicted molar refractivity (Wildman–Crippen MR) is 75.3 cm³/mol. The van der Waals surface area contributed by atoms with E-state index in [2.05, 4.69) is 0 Å². The van der Waals surface area contributed by atoms with Gasteiger partial charge in [-0.2, -0.15) is 0 Å². The second kappa shape index (κ2) is 6.48. The highest BCUT2D eigenvalue weighted by Crippen LogP contribution is 2.37. The molecule has 0 spiro atoms. The van der Waals surface area contributed by atoms with Gasteiger partial charge in [-0.15, -0.1) is 12.4 Å². The fourth-order valence-corrected chi connectivity index (χ4v) is 2.34. The number of aliphatic hydroxyl groups excluding tert-OH is 1. The zero-order chi connectivity index (χ0) is 13.2. The minimum Gasteiger partial charge on any atom is -0.388 e. The summed E-state index contributed by atoms with van der Waals surface area (Å²) in [5.41, 5.74) is 6.27. The number of rotatable bonds is 5. The second-order valence-electron chi connectivity index (χ2n) is 4.87. The van der Waals surface area contributed by atoms with Crippen molar-refractivity contribution >= 4 is 18.7 Å². The van der Waals surface area contributed by atoms with E-state index in [1.807, 2.05) is 0 Å². The lowest BCUT2D eigenvalue weighted by atomic mass is 9.76. The summed E-state index contributed by atoms with van der Waals surface area (Å²) >= 11 is 0. The fraction of sp³-hybridized carbons (Fsp3) is 0.500. The van der Waals surface area contributed by atoms with E-state index in [4.69, 9.17) is 10.5 Å². The SMILES string of the molecule is CO[C@](N)(c1ccc(C=O)cc1)[C@H](O)C1CCC1.Cl. The van der Waals surface area contributed by atoms with Crippen LogP contribution in [0.5, 0.6) is 0 Å². The molecule has 19 heavy (non-hydrogen) atoms. The standard InChI is InChI=1S/C14H19NO3.ClH/c1-18-14(15,13(17)11-3-2-4-11)12-7-5-10(9-16)6-8-12;/h5-9,11,13,17H,2-4,15H2,1H3;1H/t13-,14-;/m1./s1. The summed E-state index contributed by atoms with van der Waals surface area (Å²) in [7, 11) is 1.50. The third-order valence-corrected chi connectivity index (χ3v) is 3.87. The van der Waals surface area contributed by atoms with Gasteiger partial charge in [-0.25, -0.2) is 0 Å². The Morgan fingerprint density at radius 1 is 1.42 bits per heavy atom. The van der Waals surface area contributed by atoms with Crippen molar-refractivity contribution in [2.45, 2.75) is 31.1 Å². The van der Waals surface area contributed by atoms with Crippen LogP contribution in [-0.2, 0) is 10.5 Å². The maximum Gasteiger partial charge on any atom is 0.168 e. The molecular weight excluding hydrogens is 266 g/mol. The van der Waals surface area contributed by atoms with Crippen LogP contribution in [0.15, 0.2) is 24.3 Å². The average Bonchev–Trinajstić information content (AvgIpc) is 2.35. The molecule has 0 aromatic heterocycles. The molecule has 0 aliphatic heterocycles. The Bertz CT molecular complexity index is 419. The Balaban J connectivity index is 0.00000180. The Labute approximate surface area is 119 Å². The molecule has 0 heterocycles. The zero-order valence-electron chi connectivity index (χ0n) is 10.9. The van der Waals surface area contributed by atoms with Crippen LogP contribution in [0.4, 0.5) is 0 Å². The number of ether oxygens (including phenoxy) is 1. The van der Waals surface area contributed by atoms with Crippen molar-refractivity contribution in [3.8, 4) is 0 Å². The van der Waals surface area contributed by atoms with Crippen LogP contribution in [0.1, 0.15) is 35.2 Å². The van der Waals surface area contributed by atoms with Gasteiger partial charge < -0.3 is 9.84 Å². The van der Waals surface area contributed by atoms with E-state index in [-0.39, 0.29) is 18.3 Å². The molecule has 3 N–H and O–H groups in total. The first-order valence-corrected chi connectivity index (χ1v) is 6.19. The van der Waals surface area contributed by atoms with Crippen LogP contribution in [0.2, 0.25) is 0 Å². The maximum absolute atomic E-state index is 10.6. The number of hydrogen-bond acceptors (Lipinski definition) is 4. The summed E-state index contributed by atoms with van der Waals surface area (Å²) in [5.74, 6) is 0.195. The van der Waals surface area contributed by atoms with Crippen molar-refractivity contribution in [2.75, 3.05) is 7.11 Å². The zero-order valence-corrected chi connectivity index (χ0v) is 11.7. The number of carbonyl (C=O) groups excluding carboxylic acids is 1. The van der Waals surface area contributed by atoms with E-state index in [1.54, 1.807) is 24.3 Å². The smallest absolute Gasteiger partial charge is 0.168 e. The van der Waals surface area contributed by atoms with Crippen molar-refractivity contribution in [3.63, 3.8) is 0 Å². The number of carbonyl (C=O) groups is 1. The molecule has 0 unspecified atom stereocenters. The molecule has 2 rings (SSSR count). The molecule has 1 saturated carbocycles. The summed E-state index contributed by atoms with van der Waals surface area (Å²) in [6.07, 6.45) is 3.15. The third-order valence-electron chi connectivity index (χ3n) is 3.87. The summed E-state index contributed by atoms with van der Waals surface area (Å²) < 4.78 is 5.36. The number of hydrogen-bond donors (Lipinski definition) is 2. The first-order valence-electron chi connectivity index (χ1n) is 6.19. The molecule has 1 aliphatic carbocycles. The normalized spacial score (nSPS) is 19.7. The lowest BCUT2D eigenvalue weighted by molar-refractivity contribution is -0.139. The van der Waals surface area contributed by atoms with Crippen LogP contribution in [0.3, 0.4) is 0 Å². The molecule has 2 atom stereocenters. The van der Waals surface area contributed by atoms with Gasteiger partial charge in [0.1, 0.15) is 12.4 Å². The number of halogens is 1. The molecule has 4 nitrogen and oxygen atoms in total. The predicted octanol–water partition coefficient (Wildman–Crippen LogP) is 1.84. The molecule has 1 fully saturated rings. The average molecular weight is 286 g/mol. The molecule has 0 radical (unpaired) electrons. The fourth-order valence-electron chi connectivity index (χ4n) is 2.34. The van der Waals surface area contributed by atoms with Crippen molar-refractivity contribution in [1.29, 1.82) is 0 Å². The topological polar surface area (TPSA) is 72.5 Å². The van der Waals surface area contributed by atoms with Crippen LogP contribution < -0.4 is 5.73 Å². The summed E-state index contributed by atoms with van der Waals surface area (Å²) in [6, 6.07) is 6.82. The van der Waals surface area contributed by atoms with Crippen LogP contribution in [-0.4, -0.2) is 24.6 Å². The Morgan fingerprint density at radius 2 is 2.00 bits per heavy atom. The molecule has 106 valence electrons. The van der Waals surface area contributed by atoms with Gasteiger partial charge in [0.05, 0.1) is 0 Å². The van der Waals surface area contributed by atoms with E-state index in [1.165, 1.54) is 7.11 Å². The van der Waals surface area contributed by atoms with Crippen LogP contribution in [0.25, 0.3) is 0 Å². The minimum atomic E-state index is -1.20. The number of nitrogens with two attached hydrogens (primary N) is 1.